The molecule has 0 spiro atoms. The number of hydrogen-bond donors (Lipinski definition) is 0. The number of fused-ring (bicyclic) bond motifs is 1. The van der Waals surface area contributed by atoms with Gasteiger partial charge in [-0.2, -0.15) is 0 Å². The smallest absolute Gasteiger partial charge is 0.243 e. The predicted molar refractivity (Wildman–Crippen MR) is 92.8 cm³/mol. The lowest BCUT2D eigenvalue weighted by Gasteiger charge is -2.37. The fourth-order valence-corrected chi connectivity index (χ4v) is 4.25. The lowest BCUT2D eigenvalue weighted by molar-refractivity contribution is -0.137. The number of aromatic nitrogens is 2. The SMILES string of the molecule is O=C1Cn2c(cnc2-c2ccccc2Br)CN1C1CCCCC1. The van der Waals surface area contributed by atoms with Crippen LogP contribution in [-0.2, 0) is 17.9 Å². The molecule has 1 aromatic heterocycles. The summed E-state index contributed by atoms with van der Waals surface area (Å²) in [5, 5.41) is 0. The standard InChI is InChI=1S/C18H20BrN3O/c19-16-9-5-4-8-15(16)18-20-10-14-11-21(17(23)12-22(14)18)13-6-2-1-3-7-13/h4-5,8-10,13H,1-3,6-7,11-12H2. The van der Waals surface area contributed by atoms with Gasteiger partial charge in [0.25, 0.3) is 0 Å². The van der Waals surface area contributed by atoms with E-state index < -0.39 is 0 Å². The molecule has 23 heavy (non-hydrogen) atoms. The molecule has 1 aromatic carbocycles. The average Bonchev–Trinajstić information content (AvgIpc) is 2.98. The van der Waals surface area contributed by atoms with Crippen LogP contribution in [0.4, 0.5) is 0 Å². The highest BCUT2D eigenvalue weighted by Gasteiger charge is 2.31. The van der Waals surface area contributed by atoms with E-state index in [0.717, 1.165) is 34.4 Å². The summed E-state index contributed by atoms with van der Waals surface area (Å²) in [7, 11) is 0. The van der Waals surface area contributed by atoms with Crippen molar-refractivity contribution in [2.45, 2.75) is 51.2 Å². The number of imidazole rings is 1. The predicted octanol–water partition coefficient (Wildman–Crippen LogP) is 3.99. The molecule has 0 atom stereocenters. The second-order valence-corrected chi connectivity index (χ2v) is 7.31. The van der Waals surface area contributed by atoms with Crippen LogP contribution in [0.5, 0.6) is 0 Å². The Morgan fingerprint density at radius 2 is 1.87 bits per heavy atom. The molecule has 0 saturated heterocycles. The summed E-state index contributed by atoms with van der Waals surface area (Å²) in [6, 6.07) is 8.46. The number of carbonyl (C=O) groups is 1. The quantitative estimate of drug-likeness (QED) is 0.797. The minimum atomic E-state index is 0.232. The minimum Gasteiger partial charge on any atom is -0.332 e. The summed E-state index contributed by atoms with van der Waals surface area (Å²) >= 11 is 3.59. The molecule has 1 aliphatic heterocycles. The first-order chi connectivity index (χ1) is 11.2. The molecular formula is C18H20BrN3O. The van der Waals surface area contributed by atoms with Crippen molar-refractivity contribution >= 4 is 21.8 Å². The molecule has 0 bridgehead atoms. The third-order valence-corrected chi connectivity index (χ3v) is 5.71. The van der Waals surface area contributed by atoms with Gasteiger partial charge in [0.15, 0.2) is 0 Å². The Morgan fingerprint density at radius 3 is 2.65 bits per heavy atom. The van der Waals surface area contributed by atoms with E-state index in [1.165, 1.54) is 19.3 Å². The topological polar surface area (TPSA) is 38.1 Å². The van der Waals surface area contributed by atoms with Crippen molar-refractivity contribution in [3.8, 4) is 11.4 Å². The number of amides is 1. The third kappa shape index (κ3) is 2.71. The number of halogens is 1. The molecule has 0 unspecified atom stereocenters. The Bertz CT molecular complexity index is 734. The van der Waals surface area contributed by atoms with Crippen LogP contribution in [0.2, 0.25) is 0 Å². The van der Waals surface area contributed by atoms with Crippen molar-refractivity contribution in [1.82, 2.24) is 14.5 Å². The summed E-state index contributed by atoms with van der Waals surface area (Å²) in [4.78, 5) is 19.4. The van der Waals surface area contributed by atoms with Crippen molar-refractivity contribution in [2.24, 2.45) is 0 Å². The van der Waals surface area contributed by atoms with E-state index in [-0.39, 0.29) is 5.91 Å². The number of rotatable bonds is 2. The van der Waals surface area contributed by atoms with Crippen LogP contribution in [0, 0.1) is 0 Å². The number of nitrogens with zero attached hydrogens (tertiary/aromatic N) is 3. The van der Waals surface area contributed by atoms with Crippen LogP contribution in [0.15, 0.2) is 34.9 Å². The Balaban J connectivity index is 1.65. The average molecular weight is 374 g/mol. The lowest BCUT2D eigenvalue weighted by Crippen LogP contribution is -2.46. The Kier molecular flexibility index (Phi) is 3.97. The molecule has 1 aliphatic carbocycles. The van der Waals surface area contributed by atoms with E-state index >= 15 is 0 Å². The lowest BCUT2D eigenvalue weighted by atomic mass is 9.93. The van der Waals surface area contributed by atoms with Crippen LogP contribution in [0.25, 0.3) is 11.4 Å². The van der Waals surface area contributed by atoms with Gasteiger partial charge in [-0.05, 0) is 18.9 Å². The summed E-state index contributed by atoms with van der Waals surface area (Å²) in [5.74, 6) is 1.11. The van der Waals surface area contributed by atoms with E-state index in [0.29, 0.717) is 19.1 Å². The molecule has 2 aromatic rings. The van der Waals surface area contributed by atoms with E-state index in [9.17, 15) is 4.79 Å². The zero-order valence-corrected chi connectivity index (χ0v) is 14.6. The van der Waals surface area contributed by atoms with Crippen LogP contribution < -0.4 is 0 Å². The first-order valence-electron chi connectivity index (χ1n) is 8.33. The highest BCUT2D eigenvalue weighted by molar-refractivity contribution is 9.10. The van der Waals surface area contributed by atoms with E-state index in [4.69, 9.17) is 0 Å². The Hall–Kier alpha value is -1.62. The fourth-order valence-electron chi connectivity index (χ4n) is 3.79. The van der Waals surface area contributed by atoms with E-state index in [1.54, 1.807) is 0 Å². The second-order valence-electron chi connectivity index (χ2n) is 6.45. The summed E-state index contributed by atoms with van der Waals surface area (Å²) < 4.78 is 3.08. The number of carbonyl (C=O) groups excluding carboxylic acids is 1. The minimum absolute atomic E-state index is 0.232. The maximum atomic E-state index is 12.7. The molecule has 0 radical (unpaired) electrons. The Labute approximate surface area is 144 Å². The van der Waals surface area contributed by atoms with Crippen LogP contribution in [-0.4, -0.2) is 26.4 Å². The van der Waals surface area contributed by atoms with Crippen molar-refractivity contribution in [3.05, 3.63) is 40.6 Å². The van der Waals surface area contributed by atoms with Gasteiger partial charge in [-0.15, -0.1) is 0 Å². The fraction of sp³-hybridized carbons (Fsp3) is 0.444. The normalized spacial score (nSPS) is 19.0. The maximum Gasteiger partial charge on any atom is 0.243 e. The maximum absolute atomic E-state index is 12.7. The van der Waals surface area contributed by atoms with Gasteiger partial charge in [0.2, 0.25) is 5.91 Å². The summed E-state index contributed by atoms with van der Waals surface area (Å²) in [6.07, 6.45) is 8.03. The second kappa shape index (κ2) is 6.11. The zero-order valence-electron chi connectivity index (χ0n) is 13.0. The van der Waals surface area contributed by atoms with Gasteiger partial charge in [0.1, 0.15) is 12.4 Å². The van der Waals surface area contributed by atoms with Gasteiger partial charge < -0.3 is 9.47 Å². The molecule has 0 N–H and O–H groups in total. The van der Waals surface area contributed by atoms with Crippen LogP contribution in [0.3, 0.4) is 0 Å². The largest absolute Gasteiger partial charge is 0.332 e. The monoisotopic (exact) mass is 373 g/mol. The van der Waals surface area contributed by atoms with Gasteiger partial charge in [0.05, 0.1) is 18.4 Å². The summed E-state index contributed by atoms with van der Waals surface area (Å²) in [6.45, 7) is 1.10. The zero-order chi connectivity index (χ0) is 15.8. The van der Waals surface area contributed by atoms with Crippen molar-refractivity contribution in [3.63, 3.8) is 0 Å². The van der Waals surface area contributed by atoms with Crippen LogP contribution in [0.1, 0.15) is 37.8 Å². The van der Waals surface area contributed by atoms with Crippen molar-refractivity contribution < 1.29 is 4.79 Å². The highest BCUT2D eigenvalue weighted by Crippen LogP contribution is 2.31. The number of hydrogen-bond acceptors (Lipinski definition) is 2. The third-order valence-electron chi connectivity index (χ3n) is 5.01. The van der Waals surface area contributed by atoms with Gasteiger partial charge >= 0.3 is 0 Å². The molecule has 1 fully saturated rings. The van der Waals surface area contributed by atoms with Crippen molar-refractivity contribution in [1.29, 1.82) is 0 Å². The van der Waals surface area contributed by atoms with Gasteiger partial charge in [0, 0.05) is 16.1 Å². The number of benzene rings is 1. The molecule has 5 heteroatoms. The molecule has 2 aliphatic rings. The van der Waals surface area contributed by atoms with E-state index in [2.05, 4.69) is 30.4 Å². The van der Waals surface area contributed by atoms with Gasteiger partial charge in [-0.1, -0.05) is 53.4 Å². The highest BCUT2D eigenvalue weighted by atomic mass is 79.9. The first-order valence-corrected chi connectivity index (χ1v) is 9.12. The van der Waals surface area contributed by atoms with Crippen LogP contribution >= 0.6 is 15.9 Å². The molecule has 1 saturated carbocycles. The molecule has 2 heterocycles. The van der Waals surface area contributed by atoms with Crippen molar-refractivity contribution in [2.75, 3.05) is 0 Å². The molecule has 4 rings (SSSR count). The van der Waals surface area contributed by atoms with Gasteiger partial charge in [-0.3, -0.25) is 4.79 Å². The molecular weight excluding hydrogens is 354 g/mol. The van der Waals surface area contributed by atoms with Gasteiger partial charge in [-0.25, -0.2) is 4.98 Å². The molecule has 4 nitrogen and oxygen atoms in total. The Morgan fingerprint density at radius 1 is 1.09 bits per heavy atom. The first kappa shape index (κ1) is 14.9. The molecule has 120 valence electrons. The van der Waals surface area contributed by atoms with E-state index in [1.807, 2.05) is 30.5 Å². The molecule has 1 amide bonds. The summed E-state index contributed by atoms with van der Waals surface area (Å²) in [5.41, 5.74) is 2.18.